The molecule has 2 N–H and O–H groups in total. The average molecular weight is 421 g/mol. The van der Waals surface area contributed by atoms with Crippen LogP contribution in [0.4, 0.5) is 5.82 Å². The van der Waals surface area contributed by atoms with Crippen LogP contribution in [0.5, 0.6) is 0 Å². The summed E-state index contributed by atoms with van der Waals surface area (Å²) in [6.07, 6.45) is 11.3. The van der Waals surface area contributed by atoms with Crippen molar-refractivity contribution in [2.24, 2.45) is 17.3 Å². The molecule has 3 atom stereocenters. The van der Waals surface area contributed by atoms with Crippen molar-refractivity contribution in [3.63, 3.8) is 0 Å². The lowest BCUT2D eigenvalue weighted by Gasteiger charge is -2.62. The second kappa shape index (κ2) is 7.37. The molecule has 7 rings (SSSR count). The zero-order valence-corrected chi connectivity index (χ0v) is 18.0. The van der Waals surface area contributed by atoms with Gasteiger partial charge in [0.05, 0.1) is 24.5 Å². The molecule has 1 spiro atoms. The van der Waals surface area contributed by atoms with Gasteiger partial charge in [-0.3, -0.25) is 4.79 Å². The lowest BCUT2D eigenvalue weighted by molar-refractivity contribution is -0.0940. The highest BCUT2D eigenvalue weighted by molar-refractivity contribution is 5.99. The normalized spacial score (nSPS) is 33.8. The van der Waals surface area contributed by atoms with Gasteiger partial charge in [0.15, 0.2) is 0 Å². The summed E-state index contributed by atoms with van der Waals surface area (Å²) >= 11 is 0. The van der Waals surface area contributed by atoms with Crippen LogP contribution in [0.1, 0.15) is 61.7 Å². The minimum Gasteiger partial charge on any atom is -0.394 e. The molecule has 4 aliphatic carbocycles. The molecule has 1 saturated heterocycles. The van der Waals surface area contributed by atoms with Crippen molar-refractivity contribution in [2.45, 2.75) is 63.5 Å². The standard InChI is InChI=1S/C25H32N4O2/c30-16-20-7-4-10-28(20)24-21(15-26-29(24)19-5-2-1-3-6-19)23(31)27-22-9-8-17-11-18-13-25(22,12-17)14-18/h1-3,5-6,15,17-18,20,22,30H,4,7-14,16H2,(H,27,31)/t17?,18?,20-,22?,25?/m0/s1. The Morgan fingerprint density at radius 1 is 1.13 bits per heavy atom. The predicted octanol–water partition coefficient (Wildman–Crippen LogP) is 3.53. The molecule has 3 bridgehead atoms. The fourth-order valence-electron chi connectivity index (χ4n) is 7.21. The van der Waals surface area contributed by atoms with E-state index in [4.69, 9.17) is 0 Å². The Morgan fingerprint density at radius 2 is 1.94 bits per heavy atom. The van der Waals surface area contributed by atoms with Gasteiger partial charge in [0.25, 0.3) is 5.91 Å². The monoisotopic (exact) mass is 420 g/mol. The number of aromatic nitrogens is 2. The molecular formula is C25H32N4O2. The third kappa shape index (κ3) is 3.10. The van der Waals surface area contributed by atoms with Crippen molar-refractivity contribution in [3.8, 4) is 5.69 Å². The smallest absolute Gasteiger partial charge is 0.256 e. The molecule has 1 amide bonds. The first-order chi connectivity index (χ1) is 15.2. The first-order valence-electron chi connectivity index (χ1n) is 12.0. The number of anilines is 1. The largest absolute Gasteiger partial charge is 0.394 e. The Balaban J connectivity index is 1.33. The van der Waals surface area contributed by atoms with Crippen LogP contribution in [0.15, 0.2) is 36.5 Å². The highest BCUT2D eigenvalue weighted by atomic mass is 16.3. The third-order valence-electron chi connectivity index (χ3n) is 8.51. The van der Waals surface area contributed by atoms with E-state index in [1.807, 2.05) is 35.0 Å². The van der Waals surface area contributed by atoms with E-state index in [-0.39, 0.29) is 24.6 Å². The first kappa shape index (κ1) is 19.4. The van der Waals surface area contributed by atoms with Crippen LogP contribution in [0, 0.1) is 17.3 Å². The molecule has 164 valence electrons. The molecular weight excluding hydrogens is 388 g/mol. The number of benzene rings is 1. The van der Waals surface area contributed by atoms with Crippen molar-refractivity contribution in [1.29, 1.82) is 0 Å². The summed E-state index contributed by atoms with van der Waals surface area (Å²) in [6, 6.07) is 10.3. The molecule has 1 aromatic heterocycles. The average Bonchev–Trinajstić information content (AvgIpc) is 3.42. The molecule has 31 heavy (non-hydrogen) atoms. The van der Waals surface area contributed by atoms with Gasteiger partial charge in [-0.05, 0) is 80.8 Å². The molecule has 1 aliphatic heterocycles. The van der Waals surface area contributed by atoms with Crippen molar-refractivity contribution in [3.05, 3.63) is 42.1 Å². The van der Waals surface area contributed by atoms with Crippen molar-refractivity contribution in [2.75, 3.05) is 18.1 Å². The summed E-state index contributed by atoms with van der Waals surface area (Å²) in [5.41, 5.74) is 1.92. The van der Waals surface area contributed by atoms with Crippen LogP contribution in [0.3, 0.4) is 0 Å². The first-order valence-corrected chi connectivity index (χ1v) is 12.0. The van der Waals surface area contributed by atoms with Crippen LogP contribution in [-0.4, -0.2) is 46.0 Å². The summed E-state index contributed by atoms with van der Waals surface area (Å²) in [6.45, 7) is 0.927. The molecule has 5 aliphatic rings. The molecule has 6 heteroatoms. The lowest BCUT2D eigenvalue weighted by atomic mass is 9.45. The van der Waals surface area contributed by atoms with Crippen molar-refractivity contribution in [1.82, 2.24) is 15.1 Å². The summed E-state index contributed by atoms with van der Waals surface area (Å²) in [4.78, 5) is 15.8. The zero-order chi connectivity index (χ0) is 21.0. The highest BCUT2D eigenvalue weighted by Crippen LogP contribution is 2.63. The Bertz CT molecular complexity index is 965. The van der Waals surface area contributed by atoms with E-state index < -0.39 is 0 Å². The van der Waals surface area contributed by atoms with E-state index >= 15 is 0 Å². The second-order valence-electron chi connectivity index (χ2n) is 10.3. The lowest BCUT2D eigenvalue weighted by Crippen LogP contribution is -2.60. The Morgan fingerprint density at radius 3 is 2.74 bits per heavy atom. The maximum Gasteiger partial charge on any atom is 0.256 e. The van der Waals surface area contributed by atoms with Gasteiger partial charge in [-0.15, -0.1) is 0 Å². The maximum absolute atomic E-state index is 13.6. The molecule has 1 aromatic carbocycles. The number of aliphatic hydroxyl groups excluding tert-OH is 1. The number of aliphatic hydroxyl groups is 1. The third-order valence-corrected chi connectivity index (χ3v) is 8.51. The van der Waals surface area contributed by atoms with E-state index in [2.05, 4.69) is 15.3 Å². The fourth-order valence-corrected chi connectivity index (χ4v) is 7.21. The minimum absolute atomic E-state index is 0.00683. The van der Waals surface area contributed by atoms with E-state index in [9.17, 15) is 9.90 Å². The summed E-state index contributed by atoms with van der Waals surface area (Å²) in [7, 11) is 0. The van der Waals surface area contributed by atoms with E-state index in [1.54, 1.807) is 6.20 Å². The quantitative estimate of drug-likeness (QED) is 0.776. The Hall–Kier alpha value is -2.34. The predicted molar refractivity (Wildman–Crippen MR) is 119 cm³/mol. The number of hydrogen-bond donors (Lipinski definition) is 2. The van der Waals surface area contributed by atoms with Gasteiger partial charge in [0.1, 0.15) is 11.4 Å². The molecule has 5 fully saturated rings. The van der Waals surface area contributed by atoms with Gasteiger partial charge in [-0.25, -0.2) is 4.68 Å². The number of hydrogen-bond acceptors (Lipinski definition) is 4. The summed E-state index contributed by atoms with van der Waals surface area (Å²) in [5, 5.41) is 18.0. The number of amides is 1. The van der Waals surface area contributed by atoms with Crippen LogP contribution in [0.2, 0.25) is 0 Å². The molecule has 0 radical (unpaired) electrons. The summed E-state index contributed by atoms with van der Waals surface area (Å²) in [5.74, 6) is 2.59. The van der Waals surface area contributed by atoms with Crippen molar-refractivity contribution < 1.29 is 9.90 Å². The minimum atomic E-state index is -0.00683. The molecule has 2 heterocycles. The van der Waals surface area contributed by atoms with Crippen LogP contribution in [-0.2, 0) is 0 Å². The number of nitrogens with one attached hydrogen (secondary N) is 1. The van der Waals surface area contributed by atoms with Crippen LogP contribution in [0.25, 0.3) is 5.69 Å². The van der Waals surface area contributed by atoms with E-state index in [1.165, 1.54) is 32.1 Å². The number of rotatable bonds is 5. The van der Waals surface area contributed by atoms with Gasteiger partial charge >= 0.3 is 0 Å². The SMILES string of the molecule is O=C(NC1CCC2CC3CC1(C2)C3)c1cnn(-c2ccccc2)c1N1CCC[C@H]1CO. The molecule has 4 saturated carbocycles. The van der Waals surface area contributed by atoms with Gasteiger partial charge in [-0.1, -0.05) is 18.2 Å². The number of carbonyl (C=O) groups is 1. The van der Waals surface area contributed by atoms with Gasteiger partial charge in [-0.2, -0.15) is 5.10 Å². The second-order valence-corrected chi connectivity index (χ2v) is 10.3. The highest BCUT2D eigenvalue weighted by Gasteiger charge is 2.57. The zero-order valence-electron chi connectivity index (χ0n) is 18.0. The summed E-state index contributed by atoms with van der Waals surface area (Å²) < 4.78 is 1.87. The van der Waals surface area contributed by atoms with Gasteiger partial charge < -0.3 is 15.3 Å². The number of para-hydroxylation sites is 1. The van der Waals surface area contributed by atoms with Crippen molar-refractivity contribution >= 4 is 11.7 Å². The van der Waals surface area contributed by atoms with E-state index in [0.29, 0.717) is 11.0 Å². The van der Waals surface area contributed by atoms with Crippen LogP contribution < -0.4 is 10.2 Å². The maximum atomic E-state index is 13.6. The molecule has 6 nitrogen and oxygen atoms in total. The van der Waals surface area contributed by atoms with Crippen LogP contribution >= 0.6 is 0 Å². The molecule has 2 aromatic rings. The Labute approximate surface area is 183 Å². The number of carbonyl (C=O) groups excluding carboxylic acids is 1. The Kier molecular flexibility index (Phi) is 4.60. The topological polar surface area (TPSA) is 70.4 Å². The molecule has 2 unspecified atom stereocenters. The fraction of sp³-hybridized carbons (Fsp3) is 0.600. The van der Waals surface area contributed by atoms with Gasteiger partial charge in [0.2, 0.25) is 0 Å². The van der Waals surface area contributed by atoms with Gasteiger partial charge in [0, 0.05) is 12.6 Å². The van der Waals surface area contributed by atoms with E-state index in [0.717, 1.165) is 49.1 Å². The number of nitrogens with zero attached hydrogens (tertiary/aromatic N) is 3.